The summed E-state index contributed by atoms with van der Waals surface area (Å²) in [5, 5.41) is 0. The van der Waals surface area contributed by atoms with E-state index in [0.717, 1.165) is 28.2 Å². The van der Waals surface area contributed by atoms with Gasteiger partial charge in [-0.1, -0.05) is 52.3 Å². The Hall–Kier alpha value is -2.00. The molecular formula is C18H15BrO2. The first-order valence-electron chi connectivity index (χ1n) is 6.82. The standard InChI is InChI=1S/C18H15BrO2/c19-14-11-17(20-15-7-3-1-4-8-15)13-18(12-14)21-16-9-5-2-6-10-16/h1-11,13,18H,12H2. The van der Waals surface area contributed by atoms with Crippen molar-refractivity contribution in [1.29, 1.82) is 0 Å². The molecule has 2 aromatic rings. The molecule has 0 bridgehead atoms. The molecule has 2 nitrogen and oxygen atoms in total. The smallest absolute Gasteiger partial charge is 0.127 e. The van der Waals surface area contributed by atoms with Gasteiger partial charge in [-0.3, -0.25) is 0 Å². The highest BCUT2D eigenvalue weighted by atomic mass is 79.9. The molecule has 21 heavy (non-hydrogen) atoms. The first kappa shape index (κ1) is 14.0. The number of ether oxygens (including phenoxy) is 2. The first-order chi connectivity index (χ1) is 10.3. The molecule has 0 N–H and O–H groups in total. The van der Waals surface area contributed by atoms with Crippen LogP contribution in [-0.4, -0.2) is 6.10 Å². The van der Waals surface area contributed by atoms with Gasteiger partial charge in [-0.2, -0.15) is 0 Å². The summed E-state index contributed by atoms with van der Waals surface area (Å²) in [4.78, 5) is 0. The Morgan fingerprint density at radius 1 is 0.857 bits per heavy atom. The van der Waals surface area contributed by atoms with Gasteiger partial charge in [-0.25, -0.2) is 0 Å². The normalized spacial score (nSPS) is 17.7. The van der Waals surface area contributed by atoms with Crippen molar-refractivity contribution in [2.75, 3.05) is 0 Å². The molecule has 2 aromatic carbocycles. The minimum atomic E-state index is -0.0366. The van der Waals surface area contributed by atoms with Gasteiger partial charge in [0.25, 0.3) is 0 Å². The summed E-state index contributed by atoms with van der Waals surface area (Å²) < 4.78 is 12.9. The maximum absolute atomic E-state index is 5.97. The van der Waals surface area contributed by atoms with Crippen LogP contribution >= 0.6 is 15.9 Å². The van der Waals surface area contributed by atoms with Crippen LogP contribution < -0.4 is 9.47 Å². The van der Waals surface area contributed by atoms with Crippen molar-refractivity contribution in [3.8, 4) is 11.5 Å². The Morgan fingerprint density at radius 3 is 2.14 bits per heavy atom. The quantitative estimate of drug-likeness (QED) is 0.771. The summed E-state index contributed by atoms with van der Waals surface area (Å²) in [6.45, 7) is 0. The van der Waals surface area contributed by atoms with Crippen LogP contribution in [0.3, 0.4) is 0 Å². The molecular weight excluding hydrogens is 328 g/mol. The number of rotatable bonds is 4. The van der Waals surface area contributed by atoms with E-state index >= 15 is 0 Å². The summed E-state index contributed by atoms with van der Waals surface area (Å²) in [7, 11) is 0. The molecule has 3 rings (SSSR count). The highest BCUT2D eigenvalue weighted by molar-refractivity contribution is 9.11. The lowest BCUT2D eigenvalue weighted by Gasteiger charge is -2.21. The largest absolute Gasteiger partial charge is 0.486 e. The highest BCUT2D eigenvalue weighted by Gasteiger charge is 2.17. The maximum atomic E-state index is 5.97. The molecule has 1 aliphatic carbocycles. The molecule has 1 atom stereocenters. The molecule has 0 spiro atoms. The van der Waals surface area contributed by atoms with E-state index < -0.39 is 0 Å². The molecule has 0 saturated carbocycles. The Kier molecular flexibility index (Phi) is 4.41. The third-order valence-corrected chi connectivity index (χ3v) is 3.61. The van der Waals surface area contributed by atoms with Crippen LogP contribution in [0.15, 0.2) is 83.1 Å². The zero-order valence-corrected chi connectivity index (χ0v) is 13.0. The summed E-state index contributed by atoms with van der Waals surface area (Å²) >= 11 is 3.56. The number of hydrogen-bond acceptors (Lipinski definition) is 2. The lowest BCUT2D eigenvalue weighted by molar-refractivity contribution is 0.244. The average molecular weight is 343 g/mol. The fourth-order valence-electron chi connectivity index (χ4n) is 2.13. The van der Waals surface area contributed by atoms with Gasteiger partial charge < -0.3 is 9.47 Å². The predicted octanol–water partition coefficient (Wildman–Crippen LogP) is 5.08. The summed E-state index contributed by atoms with van der Waals surface area (Å²) in [5.41, 5.74) is 0. The molecule has 0 saturated heterocycles. The topological polar surface area (TPSA) is 18.5 Å². The van der Waals surface area contributed by atoms with E-state index in [4.69, 9.17) is 9.47 Å². The second kappa shape index (κ2) is 6.64. The Morgan fingerprint density at radius 2 is 1.48 bits per heavy atom. The first-order valence-corrected chi connectivity index (χ1v) is 7.61. The minimum Gasteiger partial charge on any atom is -0.486 e. The van der Waals surface area contributed by atoms with Gasteiger partial charge in [0.15, 0.2) is 0 Å². The monoisotopic (exact) mass is 342 g/mol. The second-order valence-electron chi connectivity index (χ2n) is 4.75. The molecule has 106 valence electrons. The van der Waals surface area contributed by atoms with Gasteiger partial charge in [-0.15, -0.1) is 0 Å². The van der Waals surface area contributed by atoms with E-state index in [1.807, 2.05) is 72.8 Å². The van der Waals surface area contributed by atoms with Gasteiger partial charge in [0.1, 0.15) is 23.4 Å². The SMILES string of the molecule is BrC1=CC(Oc2ccccc2)=CC(Oc2ccccc2)C1. The molecule has 0 aromatic heterocycles. The minimum absolute atomic E-state index is 0.0366. The van der Waals surface area contributed by atoms with E-state index in [1.165, 1.54) is 0 Å². The molecule has 3 heteroatoms. The van der Waals surface area contributed by atoms with Gasteiger partial charge >= 0.3 is 0 Å². The van der Waals surface area contributed by atoms with E-state index in [2.05, 4.69) is 15.9 Å². The Balaban J connectivity index is 1.73. The van der Waals surface area contributed by atoms with E-state index in [-0.39, 0.29) is 6.10 Å². The molecule has 0 radical (unpaired) electrons. The van der Waals surface area contributed by atoms with Crippen molar-refractivity contribution >= 4 is 15.9 Å². The zero-order chi connectivity index (χ0) is 14.5. The highest BCUT2D eigenvalue weighted by Crippen LogP contribution is 2.27. The van der Waals surface area contributed by atoms with Crippen molar-refractivity contribution < 1.29 is 9.47 Å². The number of para-hydroxylation sites is 2. The van der Waals surface area contributed by atoms with E-state index in [9.17, 15) is 0 Å². The molecule has 0 heterocycles. The van der Waals surface area contributed by atoms with Crippen molar-refractivity contribution in [3.05, 3.63) is 83.1 Å². The molecule has 1 unspecified atom stereocenters. The van der Waals surface area contributed by atoms with Crippen molar-refractivity contribution in [3.63, 3.8) is 0 Å². The zero-order valence-electron chi connectivity index (χ0n) is 11.4. The van der Waals surface area contributed by atoms with Crippen molar-refractivity contribution in [1.82, 2.24) is 0 Å². The van der Waals surface area contributed by atoms with Crippen LogP contribution in [0.1, 0.15) is 6.42 Å². The number of benzene rings is 2. The van der Waals surface area contributed by atoms with Crippen LogP contribution in [0.5, 0.6) is 11.5 Å². The average Bonchev–Trinajstić information content (AvgIpc) is 2.48. The fraction of sp³-hybridized carbons (Fsp3) is 0.111. The second-order valence-corrected chi connectivity index (χ2v) is 5.77. The fourth-order valence-corrected chi connectivity index (χ4v) is 2.68. The van der Waals surface area contributed by atoms with Crippen LogP contribution in [0, 0.1) is 0 Å². The van der Waals surface area contributed by atoms with E-state index in [1.54, 1.807) is 0 Å². The molecule has 0 amide bonds. The van der Waals surface area contributed by atoms with Gasteiger partial charge in [0.05, 0.1) is 0 Å². The molecule has 1 aliphatic rings. The third-order valence-electron chi connectivity index (χ3n) is 3.05. The number of hydrogen-bond donors (Lipinski definition) is 0. The maximum Gasteiger partial charge on any atom is 0.127 e. The summed E-state index contributed by atoms with van der Waals surface area (Å²) in [5.74, 6) is 2.47. The van der Waals surface area contributed by atoms with Gasteiger partial charge in [0, 0.05) is 10.9 Å². The summed E-state index contributed by atoms with van der Waals surface area (Å²) in [6.07, 6.45) is 4.75. The summed E-state index contributed by atoms with van der Waals surface area (Å²) in [6, 6.07) is 19.6. The van der Waals surface area contributed by atoms with Crippen LogP contribution in [0.2, 0.25) is 0 Å². The Labute approximate surface area is 132 Å². The number of allylic oxidation sites excluding steroid dienone is 1. The molecule has 0 aliphatic heterocycles. The Bertz CT molecular complexity index is 647. The van der Waals surface area contributed by atoms with Crippen LogP contribution in [0.4, 0.5) is 0 Å². The van der Waals surface area contributed by atoms with Gasteiger partial charge in [0.2, 0.25) is 0 Å². The third kappa shape index (κ3) is 3.99. The van der Waals surface area contributed by atoms with Crippen LogP contribution in [-0.2, 0) is 0 Å². The lowest BCUT2D eigenvalue weighted by atomic mass is 10.1. The molecule has 0 fully saturated rings. The number of halogens is 1. The van der Waals surface area contributed by atoms with Crippen molar-refractivity contribution in [2.24, 2.45) is 0 Å². The van der Waals surface area contributed by atoms with Gasteiger partial charge in [-0.05, 0) is 36.4 Å². The lowest BCUT2D eigenvalue weighted by Crippen LogP contribution is -2.18. The van der Waals surface area contributed by atoms with Crippen LogP contribution in [0.25, 0.3) is 0 Å². The van der Waals surface area contributed by atoms with E-state index in [0.29, 0.717) is 0 Å². The van der Waals surface area contributed by atoms with Crippen molar-refractivity contribution in [2.45, 2.75) is 12.5 Å². The predicted molar refractivity (Wildman–Crippen MR) is 87.6 cm³/mol.